The average molecular weight is 252 g/mol. The predicted octanol–water partition coefficient (Wildman–Crippen LogP) is 0.842. The SMILES string of the molecule is CCC(C)NC(=NC)NCc1ccc(C(N)=O)o1. The lowest BCUT2D eigenvalue weighted by atomic mass is 10.3. The van der Waals surface area contributed by atoms with Gasteiger partial charge in [0.1, 0.15) is 5.76 Å². The van der Waals surface area contributed by atoms with Crippen LogP contribution in [0.15, 0.2) is 21.5 Å². The van der Waals surface area contributed by atoms with Gasteiger partial charge in [-0.3, -0.25) is 9.79 Å². The number of hydrogen-bond acceptors (Lipinski definition) is 3. The molecule has 18 heavy (non-hydrogen) atoms. The fourth-order valence-corrected chi connectivity index (χ4v) is 1.31. The molecule has 1 aromatic heterocycles. The molecule has 0 aliphatic carbocycles. The van der Waals surface area contributed by atoms with E-state index >= 15 is 0 Å². The molecular weight excluding hydrogens is 232 g/mol. The van der Waals surface area contributed by atoms with Gasteiger partial charge in [-0.05, 0) is 25.5 Å². The molecule has 1 rings (SSSR count). The molecular formula is C12H20N4O2. The maximum atomic E-state index is 10.9. The first-order valence-electron chi connectivity index (χ1n) is 5.92. The van der Waals surface area contributed by atoms with E-state index in [4.69, 9.17) is 10.2 Å². The summed E-state index contributed by atoms with van der Waals surface area (Å²) in [4.78, 5) is 15.0. The number of hydrogen-bond donors (Lipinski definition) is 3. The second kappa shape index (κ2) is 6.68. The van der Waals surface area contributed by atoms with Gasteiger partial charge in [0.25, 0.3) is 5.91 Å². The maximum absolute atomic E-state index is 10.9. The molecule has 6 nitrogen and oxygen atoms in total. The first-order chi connectivity index (χ1) is 8.56. The zero-order chi connectivity index (χ0) is 13.5. The van der Waals surface area contributed by atoms with Crippen molar-refractivity contribution in [2.24, 2.45) is 10.7 Å². The number of carbonyl (C=O) groups excluding carboxylic acids is 1. The molecule has 0 aliphatic rings. The van der Waals surface area contributed by atoms with Crippen molar-refractivity contribution >= 4 is 11.9 Å². The van der Waals surface area contributed by atoms with E-state index in [1.807, 2.05) is 0 Å². The molecule has 0 radical (unpaired) electrons. The number of carbonyl (C=O) groups is 1. The van der Waals surface area contributed by atoms with E-state index in [-0.39, 0.29) is 5.76 Å². The summed E-state index contributed by atoms with van der Waals surface area (Å²) in [6.45, 7) is 4.62. The van der Waals surface area contributed by atoms with Gasteiger partial charge in [0.15, 0.2) is 11.7 Å². The molecule has 1 amide bonds. The van der Waals surface area contributed by atoms with Crippen LogP contribution in [0, 0.1) is 0 Å². The fraction of sp³-hybridized carbons (Fsp3) is 0.500. The molecule has 1 unspecified atom stereocenters. The number of aliphatic imine (C=N–C) groups is 1. The van der Waals surface area contributed by atoms with Crippen LogP contribution in [0.25, 0.3) is 0 Å². The Labute approximate surface area is 107 Å². The van der Waals surface area contributed by atoms with E-state index in [1.165, 1.54) is 0 Å². The van der Waals surface area contributed by atoms with Crippen molar-refractivity contribution in [3.05, 3.63) is 23.7 Å². The van der Waals surface area contributed by atoms with E-state index in [0.29, 0.717) is 24.3 Å². The van der Waals surface area contributed by atoms with Crippen molar-refractivity contribution in [2.45, 2.75) is 32.9 Å². The minimum Gasteiger partial charge on any atom is -0.454 e. The molecule has 0 aliphatic heterocycles. The third kappa shape index (κ3) is 4.12. The summed E-state index contributed by atoms with van der Waals surface area (Å²) < 4.78 is 5.25. The Bertz CT molecular complexity index is 425. The molecule has 100 valence electrons. The predicted molar refractivity (Wildman–Crippen MR) is 70.3 cm³/mol. The number of primary amides is 1. The van der Waals surface area contributed by atoms with Crippen molar-refractivity contribution < 1.29 is 9.21 Å². The smallest absolute Gasteiger partial charge is 0.284 e. The monoisotopic (exact) mass is 252 g/mol. The Kier molecular flexibility index (Phi) is 5.23. The standard InChI is InChI=1S/C12H20N4O2/c1-4-8(2)16-12(14-3)15-7-9-5-6-10(18-9)11(13)17/h5-6,8H,4,7H2,1-3H3,(H2,13,17)(H2,14,15,16). The summed E-state index contributed by atoms with van der Waals surface area (Å²) in [5.41, 5.74) is 5.10. The van der Waals surface area contributed by atoms with E-state index in [0.717, 1.165) is 6.42 Å². The van der Waals surface area contributed by atoms with Crippen LogP contribution >= 0.6 is 0 Å². The quantitative estimate of drug-likeness (QED) is 0.535. The third-order valence-corrected chi connectivity index (χ3v) is 2.55. The molecule has 6 heteroatoms. The summed E-state index contributed by atoms with van der Waals surface area (Å²) in [7, 11) is 1.70. The van der Waals surface area contributed by atoms with Gasteiger partial charge in [-0.25, -0.2) is 0 Å². The highest BCUT2D eigenvalue weighted by Crippen LogP contribution is 2.06. The Morgan fingerprint density at radius 3 is 2.78 bits per heavy atom. The lowest BCUT2D eigenvalue weighted by molar-refractivity contribution is 0.0972. The van der Waals surface area contributed by atoms with Crippen LogP contribution in [0.5, 0.6) is 0 Å². The van der Waals surface area contributed by atoms with Gasteiger partial charge in [0.05, 0.1) is 6.54 Å². The van der Waals surface area contributed by atoms with Gasteiger partial charge >= 0.3 is 0 Å². The van der Waals surface area contributed by atoms with Crippen LogP contribution in [0.1, 0.15) is 36.6 Å². The average Bonchev–Trinajstić information content (AvgIpc) is 2.83. The van der Waals surface area contributed by atoms with Crippen molar-refractivity contribution in [2.75, 3.05) is 7.05 Å². The number of nitrogens with zero attached hydrogens (tertiary/aromatic N) is 1. The zero-order valence-corrected chi connectivity index (χ0v) is 11.0. The molecule has 1 atom stereocenters. The van der Waals surface area contributed by atoms with Crippen LogP contribution in [0.4, 0.5) is 0 Å². The van der Waals surface area contributed by atoms with Gasteiger partial charge in [-0.2, -0.15) is 0 Å². The second-order valence-corrected chi connectivity index (χ2v) is 4.01. The molecule has 0 spiro atoms. The fourth-order valence-electron chi connectivity index (χ4n) is 1.31. The molecule has 1 aromatic rings. The van der Waals surface area contributed by atoms with Crippen LogP contribution < -0.4 is 16.4 Å². The molecule has 4 N–H and O–H groups in total. The Morgan fingerprint density at radius 2 is 2.28 bits per heavy atom. The third-order valence-electron chi connectivity index (χ3n) is 2.55. The minimum atomic E-state index is -0.566. The molecule has 0 aromatic carbocycles. The number of nitrogens with two attached hydrogens (primary N) is 1. The van der Waals surface area contributed by atoms with Gasteiger partial charge in [0, 0.05) is 13.1 Å². The summed E-state index contributed by atoms with van der Waals surface area (Å²) in [5.74, 6) is 0.928. The summed E-state index contributed by atoms with van der Waals surface area (Å²) in [6, 6.07) is 3.61. The summed E-state index contributed by atoms with van der Waals surface area (Å²) in [5, 5.41) is 6.32. The highest BCUT2D eigenvalue weighted by molar-refractivity contribution is 5.89. The first-order valence-corrected chi connectivity index (χ1v) is 5.92. The van der Waals surface area contributed by atoms with E-state index in [9.17, 15) is 4.79 Å². The summed E-state index contributed by atoms with van der Waals surface area (Å²) in [6.07, 6.45) is 1.01. The molecule has 0 bridgehead atoms. The van der Waals surface area contributed by atoms with Crippen LogP contribution in [-0.4, -0.2) is 25.0 Å². The topological polar surface area (TPSA) is 92.6 Å². The van der Waals surface area contributed by atoms with E-state index in [1.54, 1.807) is 19.2 Å². The van der Waals surface area contributed by atoms with Gasteiger partial charge in [0.2, 0.25) is 0 Å². The normalized spacial score (nSPS) is 13.2. The second-order valence-electron chi connectivity index (χ2n) is 4.01. The van der Waals surface area contributed by atoms with Crippen LogP contribution in [-0.2, 0) is 6.54 Å². The van der Waals surface area contributed by atoms with E-state index in [2.05, 4.69) is 29.5 Å². The Balaban J connectivity index is 2.49. The number of guanidine groups is 1. The number of furan rings is 1. The number of rotatable bonds is 5. The molecule has 0 saturated heterocycles. The van der Waals surface area contributed by atoms with Crippen LogP contribution in [0.2, 0.25) is 0 Å². The zero-order valence-electron chi connectivity index (χ0n) is 11.0. The van der Waals surface area contributed by atoms with Crippen molar-refractivity contribution in [3.8, 4) is 0 Å². The highest BCUT2D eigenvalue weighted by atomic mass is 16.3. The van der Waals surface area contributed by atoms with Crippen molar-refractivity contribution in [1.29, 1.82) is 0 Å². The lowest BCUT2D eigenvalue weighted by Crippen LogP contribution is -2.41. The molecule has 0 fully saturated rings. The highest BCUT2D eigenvalue weighted by Gasteiger charge is 2.08. The van der Waals surface area contributed by atoms with Crippen LogP contribution in [0.3, 0.4) is 0 Å². The summed E-state index contributed by atoms with van der Waals surface area (Å²) >= 11 is 0. The van der Waals surface area contributed by atoms with Crippen molar-refractivity contribution in [3.63, 3.8) is 0 Å². The minimum absolute atomic E-state index is 0.164. The molecule has 0 saturated carbocycles. The van der Waals surface area contributed by atoms with Crippen molar-refractivity contribution in [1.82, 2.24) is 10.6 Å². The van der Waals surface area contributed by atoms with Gasteiger partial charge in [-0.15, -0.1) is 0 Å². The number of nitrogens with one attached hydrogen (secondary N) is 2. The maximum Gasteiger partial charge on any atom is 0.284 e. The lowest BCUT2D eigenvalue weighted by Gasteiger charge is -2.15. The first kappa shape index (κ1) is 14.1. The van der Waals surface area contributed by atoms with Gasteiger partial charge < -0.3 is 20.8 Å². The Hall–Kier alpha value is -1.98. The molecule has 1 heterocycles. The largest absolute Gasteiger partial charge is 0.454 e. The Morgan fingerprint density at radius 1 is 1.56 bits per heavy atom. The number of amides is 1. The van der Waals surface area contributed by atoms with E-state index < -0.39 is 5.91 Å². The van der Waals surface area contributed by atoms with Gasteiger partial charge in [-0.1, -0.05) is 6.92 Å².